The summed E-state index contributed by atoms with van der Waals surface area (Å²) in [5, 5.41) is 2.54. The lowest BCUT2D eigenvalue weighted by Gasteiger charge is -2.32. The first-order valence-electron chi connectivity index (χ1n) is 6.87. The van der Waals surface area contributed by atoms with Gasteiger partial charge in [-0.3, -0.25) is 4.79 Å². The minimum absolute atomic E-state index is 0.369. The van der Waals surface area contributed by atoms with Crippen LogP contribution in [-0.4, -0.2) is 34.1 Å². The first-order valence-corrected chi connectivity index (χ1v) is 6.87. The van der Waals surface area contributed by atoms with Gasteiger partial charge in [0.15, 0.2) is 5.82 Å². The lowest BCUT2D eigenvalue weighted by Crippen LogP contribution is -2.41. The predicted molar refractivity (Wildman–Crippen MR) is 80.6 cm³/mol. The van der Waals surface area contributed by atoms with Gasteiger partial charge in [0.25, 0.3) is 0 Å². The minimum Gasteiger partial charge on any atom is -0.399 e. The molecule has 1 N–H and O–H groups in total. The summed E-state index contributed by atoms with van der Waals surface area (Å²) < 4.78 is 13.9. The molecule has 1 saturated heterocycles. The summed E-state index contributed by atoms with van der Waals surface area (Å²) >= 11 is 0. The van der Waals surface area contributed by atoms with Gasteiger partial charge >= 0.3 is 7.12 Å². The quantitative estimate of drug-likeness (QED) is 0.680. The van der Waals surface area contributed by atoms with Crippen LogP contribution in [0.1, 0.15) is 27.7 Å². The molecule has 0 unspecified atom stereocenters. The number of fused-ring (bicyclic) bond motifs is 1. The summed E-state index contributed by atoms with van der Waals surface area (Å²) in [6.45, 7) is 8.09. The van der Waals surface area contributed by atoms with Gasteiger partial charge in [-0.1, -0.05) is 6.07 Å². The van der Waals surface area contributed by atoms with Gasteiger partial charge in [-0.25, -0.2) is 4.98 Å². The number of hydrogen-bond acceptors (Lipinski definition) is 4. The highest BCUT2D eigenvalue weighted by molar-refractivity contribution is 6.62. The standard InChI is InChI=1S/C14H18BN3O3/c1-13(2)14(3,4)21-15(20-13)10-5-6-12-17-11(16-9-19)8-18(12)7-10/h5-9H,1-4H3,(H,16,19). The van der Waals surface area contributed by atoms with Crippen molar-refractivity contribution in [1.29, 1.82) is 0 Å². The summed E-state index contributed by atoms with van der Waals surface area (Å²) in [4.78, 5) is 14.7. The number of rotatable bonds is 3. The molecule has 0 aliphatic carbocycles. The lowest BCUT2D eigenvalue weighted by atomic mass is 9.80. The number of carbonyl (C=O) groups is 1. The highest BCUT2D eigenvalue weighted by atomic mass is 16.7. The molecule has 1 amide bonds. The number of aromatic nitrogens is 2. The lowest BCUT2D eigenvalue weighted by molar-refractivity contribution is -0.105. The average molecular weight is 287 g/mol. The van der Waals surface area contributed by atoms with Crippen molar-refractivity contribution in [3.8, 4) is 0 Å². The van der Waals surface area contributed by atoms with Crippen LogP contribution in [0.5, 0.6) is 0 Å². The fraction of sp³-hybridized carbons (Fsp3) is 0.429. The summed E-state index contributed by atoms with van der Waals surface area (Å²) in [6, 6.07) is 3.80. The van der Waals surface area contributed by atoms with E-state index in [1.165, 1.54) is 0 Å². The first-order chi connectivity index (χ1) is 9.82. The molecule has 3 rings (SSSR count). The van der Waals surface area contributed by atoms with Crippen LogP contribution in [0.4, 0.5) is 5.82 Å². The molecule has 1 fully saturated rings. The highest BCUT2D eigenvalue weighted by Gasteiger charge is 2.51. The van der Waals surface area contributed by atoms with Crippen LogP contribution in [-0.2, 0) is 14.1 Å². The number of carbonyl (C=O) groups excluding carboxylic acids is 1. The van der Waals surface area contributed by atoms with E-state index in [9.17, 15) is 4.79 Å². The molecule has 3 heterocycles. The average Bonchev–Trinajstić information content (AvgIpc) is 2.87. The van der Waals surface area contributed by atoms with Crippen LogP contribution < -0.4 is 10.8 Å². The van der Waals surface area contributed by atoms with Gasteiger partial charge < -0.3 is 19.0 Å². The third-order valence-corrected chi connectivity index (χ3v) is 4.21. The SMILES string of the molecule is CC1(C)OB(c2ccc3nc(NC=O)cn3c2)OC1(C)C. The van der Waals surface area contributed by atoms with Crippen molar-refractivity contribution in [2.24, 2.45) is 0 Å². The van der Waals surface area contributed by atoms with E-state index in [1.807, 2.05) is 50.4 Å². The third kappa shape index (κ3) is 2.32. The van der Waals surface area contributed by atoms with Crippen LogP contribution >= 0.6 is 0 Å². The molecular weight excluding hydrogens is 269 g/mol. The number of pyridine rings is 1. The Hall–Kier alpha value is -1.86. The first kappa shape index (κ1) is 14.1. The van der Waals surface area contributed by atoms with Crippen molar-refractivity contribution >= 4 is 30.5 Å². The van der Waals surface area contributed by atoms with Gasteiger partial charge in [0.1, 0.15) is 5.65 Å². The third-order valence-electron chi connectivity index (χ3n) is 4.21. The Balaban J connectivity index is 1.93. The van der Waals surface area contributed by atoms with E-state index < -0.39 is 7.12 Å². The Kier molecular flexibility index (Phi) is 3.07. The zero-order chi connectivity index (χ0) is 15.3. The normalized spacial score (nSPS) is 19.9. The number of anilines is 1. The summed E-state index contributed by atoms with van der Waals surface area (Å²) in [7, 11) is -0.413. The molecule has 0 bridgehead atoms. The molecule has 6 nitrogen and oxygen atoms in total. The second kappa shape index (κ2) is 4.57. The minimum atomic E-state index is -0.413. The molecule has 1 aliphatic heterocycles. The molecule has 2 aromatic heterocycles. The molecule has 21 heavy (non-hydrogen) atoms. The topological polar surface area (TPSA) is 64.9 Å². The van der Waals surface area contributed by atoms with Gasteiger partial charge in [0.05, 0.1) is 17.4 Å². The monoisotopic (exact) mass is 287 g/mol. The van der Waals surface area contributed by atoms with E-state index >= 15 is 0 Å². The molecule has 0 radical (unpaired) electrons. The van der Waals surface area contributed by atoms with E-state index in [4.69, 9.17) is 9.31 Å². The molecule has 110 valence electrons. The van der Waals surface area contributed by atoms with E-state index in [0.717, 1.165) is 11.1 Å². The van der Waals surface area contributed by atoms with Crippen LogP contribution in [0.3, 0.4) is 0 Å². The fourth-order valence-electron chi connectivity index (χ4n) is 2.26. The zero-order valence-corrected chi connectivity index (χ0v) is 12.6. The van der Waals surface area contributed by atoms with Crippen molar-refractivity contribution < 1.29 is 14.1 Å². The van der Waals surface area contributed by atoms with Gasteiger partial charge in [0, 0.05) is 6.20 Å². The Labute approximate surface area is 123 Å². The van der Waals surface area contributed by atoms with Crippen molar-refractivity contribution in [1.82, 2.24) is 9.38 Å². The Morgan fingerprint density at radius 1 is 1.19 bits per heavy atom. The fourth-order valence-corrected chi connectivity index (χ4v) is 2.26. The number of hydrogen-bond donors (Lipinski definition) is 1. The maximum Gasteiger partial charge on any atom is 0.496 e. The van der Waals surface area contributed by atoms with E-state index in [0.29, 0.717) is 12.2 Å². The number of amides is 1. The Bertz CT molecular complexity index is 680. The summed E-state index contributed by atoms with van der Waals surface area (Å²) in [5.41, 5.74) is 0.924. The van der Waals surface area contributed by atoms with Crippen LogP contribution in [0, 0.1) is 0 Å². The van der Waals surface area contributed by atoms with Gasteiger partial charge in [-0.2, -0.15) is 0 Å². The number of imidazole rings is 1. The highest BCUT2D eigenvalue weighted by Crippen LogP contribution is 2.36. The molecule has 2 aromatic rings. The second-order valence-corrected chi connectivity index (χ2v) is 6.20. The van der Waals surface area contributed by atoms with Crippen molar-refractivity contribution in [2.45, 2.75) is 38.9 Å². The van der Waals surface area contributed by atoms with Gasteiger partial charge in [-0.15, -0.1) is 0 Å². The molecule has 0 aromatic carbocycles. The molecule has 0 spiro atoms. The Morgan fingerprint density at radius 3 is 2.48 bits per heavy atom. The van der Waals surface area contributed by atoms with E-state index in [1.54, 1.807) is 6.20 Å². The molecule has 0 saturated carbocycles. The maximum absolute atomic E-state index is 10.5. The van der Waals surface area contributed by atoms with Crippen LogP contribution in [0.2, 0.25) is 0 Å². The summed E-state index contributed by atoms with van der Waals surface area (Å²) in [5.74, 6) is 0.510. The summed E-state index contributed by atoms with van der Waals surface area (Å²) in [6.07, 6.45) is 4.26. The molecule has 7 heteroatoms. The smallest absolute Gasteiger partial charge is 0.399 e. The number of nitrogens with one attached hydrogen (secondary N) is 1. The van der Waals surface area contributed by atoms with E-state index in [2.05, 4.69) is 10.3 Å². The molecule has 1 aliphatic rings. The maximum atomic E-state index is 10.5. The largest absolute Gasteiger partial charge is 0.496 e. The number of nitrogens with zero attached hydrogens (tertiary/aromatic N) is 2. The zero-order valence-electron chi connectivity index (χ0n) is 12.6. The molecule has 0 atom stereocenters. The van der Waals surface area contributed by atoms with Crippen LogP contribution in [0.15, 0.2) is 24.5 Å². The van der Waals surface area contributed by atoms with Crippen LogP contribution in [0.25, 0.3) is 5.65 Å². The molecular formula is C14H18BN3O3. The van der Waals surface area contributed by atoms with Crippen molar-refractivity contribution in [2.75, 3.05) is 5.32 Å². The van der Waals surface area contributed by atoms with Gasteiger partial charge in [-0.05, 0) is 39.2 Å². The van der Waals surface area contributed by atoms with Crippen molar-refractivity contribution in [3.63, 3.8) is 0 Å². The van der Waals surface area contributed by atoms with E-state index in [-0.39, 0.29) is 11.2 Å². The van der Waals surface area contributed by atoms with Crippen molar-refractivity contribution in [3.05, 3.63) is 24.5 Å². The predicted octanol–water partition coefficient (Wildman–Crippen LogP) is 1.20. The van der Waals surface area contributed by atoms with Gasteiger partial charge in [0.2, 0.25) is 6.41 Å². The second-order valence-electron chi connectivity index (χ2n) is 6.20. The Morgan fingerprint density at radius 2 is 1.86 bits per heavy atom.